The minimum Gasteiger partial charge on any atom is -0.493 e. The molecule has 0 saturated heterocycles. The predicted molar refractivity (Wildman–Crippen MR) is 176 cm³/mol. The van der Waals surface area contributed by atoms with Crippen LogP contribution in [0.4, 0.5) is 0 Å². The molecule has 0 aliphatic heterocycles. The monoisotopic (exact) mass is 607 g/mol. The number of carbonyl (C=O) groups is 1. The van der Waals surface area contributed by atoms with E-state index in [0.717, 1.165) is 36.1 Å². The van der Waals surface area contributed by atoms with Gasteiger partial charge in [-0.1, -0.05) is 45.4 Å². The molecule has 4 atom stereocenters. The smallest absolute Gasteiger partial charge is 0.223 e. The number of aromatic nitrogens is 1. The third kappa shape index (κ3) is 10.4. The van der Waals surface area contributed by atoms with Crippen LogP contribution in [0.2, 0.25) is 0 Å². The lowest BCUT2D eigenvalue weighted by atomic mass is 9.77. The number of aliphatic hydroxyl groups excluding tert-OH is 1. The molecule has 3 aromatic rings. The summed E-state index contributed by atoms with van der Waals surface area (Å²) in [6.07, 6.45) is 6.61. The number of amides is 1. The predicted octanol–water partition coefficient (Wildman–Crippen LogP) is 5.92. The first-order valence-electron chi connectivity index (χ1n) is 15.8. The Labute approximate surface area is 263 Å². The molecule has 242 valence electrons. The number of aliphatic hydroxyl groups is 1. The number of hydrogen-bond donors (Lipinski definition) is 3. The van der Waals surface area contributed by atoms with Gasteiger partial charge in [0.25, 0.3) is 0 Å². The highest BCUT2D eigenvalue weighted by Crippen LogP contribution is 2.32. The van der Waals surface area contributed by atoms with Crippen molar-refractivity contribution in [3.8, 4) is 17.2 Å². The molecule has 2 aromatic carbocycles. The summed E-state index contributed by atoms with van der Waals surface area (Å²) in [6, 6.07) is 18.1. The van der Waals surface area contributed by atoms with E-state index in [0.29, 0.717) is 44.1 Å². The lowest BCUT2D eigenvalue weighted by Gasteiger charge is -2.36. The van der Waals surface area contributed by atoms with Gasteiger partial charge < -0.3 is 34.9 Å². The maximum absolute atomic E-state index is 13.3. The highest BCUT2D eigenvalue weighted by atomic mass is 16.5. The molecule has 0 aliphatic carbocycles. The van der Waals surface area contributed by atoms with Gasteiger partial charge in [0.1, 0.15) is 0 Å². The van der Waals surface area contributed by atoms with E-state index in [4.69, 9.17) is 19.9 Å². The molecule has 0 unspecified atom stereocenters. The van der Waals surface area contributed by atoms with E-state index >= 15 is 0 Å². The Balaban J connectivity index is 1.58. The molecular weight excluding hydrogens is 554 g/mol. The Morgan fingerprint density at radius 1 is 1.02 bits per heavy atom. The second kappa shape index (κ2) is 17.2. The molecule has 8 nitrogen and oxygen atoms in total. The lowest BCUT2D eigenvalue weighted by molar-refractivity contribution is -0.128. The summed E-state index contributed by atoms with van der Waals surface area (Å²) in [4.78, 5) is 13.3. The average molecular weight is 608 g/mol. The Morgan fingerprint density at radius 3 is 2.32 bits per heavy atom. The van der Waals surface area contributed by atoms with E-state index in [1.807, 2.05) is 86.3 Å². The molecule has 44 heavy (non-hydrogen) atoms. The number of hydrogen-bond acceptors (Lipinski definition) is 6. The van der Waals surface area contributed by atoms with Crippen molar-refractivity contribution in [2.45, 2.75) is 78.0 Å². The van der Waals surface area contributed by atoms with Crippen molar-refractivity contribution in [2.75, 3.05) is 27.4 Å². The Morgan fingerprint density at radius 2 is 1.70 bits per heavy atom. The second-order valence-corrected chi connectivity index (χ2v) is 12.4. The number of nitrogens with zero attached hydrogens (tertiary/aromatic N) is 1. The van der Waals surface area contributed by atoms with Crippen molar-refractivity contribution in [3.63, 3.8) is 0 Å². The largest absolute Gasteiger partial charge is 0.493 e. The van der Waals surface area contributed by atoms with E-state index < -0.39 is 11.6 Å². The maximum atomic E-state index is 13.3. The summed E-state index contributed by atoms with van der Waals surface area (Å²) < 4.78 is 18.6. The first-order chi connectivity index (χ1) is 21.1. The summed E-state index contributed by atoms with van der Waals surface area (Å²) in [5.74, 6) is 1.30. The van der Waals surface area contributed by atoms with Crippen LogP contribution in [0, 0.1) is 17.8 Å². The highest BCUT2D eigenvalue weighted by Gasteiger charge is 2.35. The van der Waals surface area contributed by atoms with Crippen LogP contribution >= 0.6 is 0 Å². The number of ether oxygens (including phenoxy) is 3. The number of nitrogens with one attached hydrogen (secondary N) is 1. The third-order valence-electron chi connectivity index (χ3n) is 8.49. The molecule has 0 radical (unpaired) electrons. The molecule has 3 rings (SSSR count). The van der Waals surface area contributed by atoms with Gasteiger partial charge in [0.2, 0.25) is 5.91 Å². The van der Waals surface area contributed by atoms with Crippen molar-refractivity contribution >= 4 is 5.91 Å². The fourth-order valence-electron chi connectivity index (χ4n) is 5.60. The molecule has 0 spiro atoms. The Bertz CT molecular complexity index is 1260. The van der Waals surface area contributed by atoms with Gasteiger partial charge in [-0.05, 0) is 85.5 Å². The molecule has 0 fully saturated rings. The van der Waals surface area contributed by atoms with Gasteiger partial charge in [-0.2, -0.15) is 0 Å². The zero-order valence-corrected chi connectivity index (χ0v) is 27.4. The number of nitrogens with two attached hydrogens (primary N) is 1. The molecule has 1 aromatic heterocycles. The van der Waals surface area contributed by atoms with E-state index in [2.05, 4.69) is 18.3 Å². The summed E-state index contributed by atoms with van der Waals surface area (Å²) in [6.45, 7) is 9.70. The first kappa shape index (κ1) is 35.2. The molecule has 0 aliphatic rings. The normalized spacial score (nSPS) is 14.9. The van der Waals surface area contributed by atoms with Gasteiger partial charge in [0, 0.05) is 56.2 Å². The van der Waals surface area contributed by atoms with Gasteiger partial charge in [-0.3, -0.25) is 4.79 Å². The number of methoxy groups -OCH3 is 2. The van der Waals surface area contributed by atoms with Crippen LogP contribution in [0.1, 0.15) is 64.5 Å². The molecule has 1 amide bonds. The van der Waals surface area contributed by atoms with Crippen LogP contribution in [0.3, 0.4) is 0 Å². The second-order valence-electron chi connectivity index (χ2n) is 12.4. The maximum Gasteiger partial charge on any atom is 0.223 e. The van der Waals surface area contributed by atoms with Gasteiger partial charge >= 0.3 is 0 Å². The van der Waals surface area contributed by atoms with Crippen molar-refractivity contribution < 1.29 is 24.1 Å². The zero-order valence-electron chi connectivity index (χ0n) is 27.4. The van der Waals surface area contributed by atoms with E-state index in [1.54, 1.807) is 14.2 Å². The van der Waals surface area contributed by atoms with Crippen LogP contribution in [-0.2, 0) is 22.5 Å². The number of rotatable bonds is 19. The van der Waals surface area contributed by atoms with E-state index in [1.165, 1.54) is 0 Å². The van der Waals surface area contributed by atoms with Crippen LogP contribution in [0.5, 0.6) is 11.5 Å². The summed E-state index contributed by atoms with van der Waals surface area (Å²) in [5, 5.41) is 14.4. The van der Waals surface area contributed by atoms with Crippen molar-refractivity contribution in [2.24, 2.45) is 23.5 Å². The lowest BCUT2D eigenvalue weighted by Crippen LogP contribution is -2.51. The molecule has 8 heteroatoms. The minimum absolute atomic E-state index is 0.0557. The van der Waals surface area contributed by atoms with Crippen LogP contribution < -0.4 is 20.5 Å². The van der Waals surface area contributed by atoms with Gasteiger partial charge in [-0.15, -0.1) is 0 Å². The molecule has 0 bridgehead atoms. The van der Waals surface area contributed by atoms with Crippen molar-refractivity contribution in [3.05, 3.63) is 78.1 Å². The number of benzene rings is 2. The molecule has 4 N–H and O–H groups in total. The fourth-order valence-corrected chi connectivity index (χ4v) is 5.60. The summed E-state index contributed by atoms with van der Waals surface area (Å²) >= 11 is 0. The van der Waals surface area contributed by atoms with E-state index in [-0.39, 0.29) is 23.7 Å². The van der Waals surface area contributed by atoms with Crippen LogP contribution in [0.15, 0.2) is 67.0 Å². The van der Waals surface area contributed by atoms with Crippen molar-refractivity contribution in [1.82, 2.24) is 9.88 Å². The molecular formula is C36H53N3O5. The van der Waals surface area contributed by atoms with Crippen molar-refractivity contribution in [1.29, 1.82) is 0 Å². The number of carbonyl (C=O) groups excluding carboxylic acids is 1. The zero-order chi connectivity index (χ0) is 32.1. The minimum atomic E-state index is -0.853. The molecule has 0 saturated carbocycles. The SMILES string of the molecule is CC[C@@H](Cc1ccc(OC)c(OCCCOC)c1)C[C@](C)(N)[C@@H](O)C[C@H](C(=O)NCc1ccc(-n2cccc2)cc1)C(C)C. The standard InChI is InChI=1S/C36H53N3O5/c1-7-27(21-29-13-16-32(43-6)33(22-29)44-20-10-19-42-5)24-36(4,37)34(40)23-31(26(2)3)35(41)38-25-28-11-14-30(15-12-28)39-17-8-9-18-39/h8-9,11-18,22,26-27,31,34,40H,7,10,19-21,23-25,37H2,1-6H3,(H,38,41)/t27-,31-,34-,36-/m0/s1. The molecule has 1 heterocycles. The quantitative estimate of drug-likeness (QED) is 0.146. The van der Waals surface area contributed by atoms with Gasteiger partial charge in [0.05, 0.1) is 19.8 Å². The van der Waals surface area contributed by atoms with E-state index in [9.17, 15) is 9.90 Å². The van der Waals surface area contributed by atoms with Crippen LogP contribution in [-0.4, -0.2) is 54.7 Å². The summed E-state index contributed by atoms with van der Waals surface area (Å²) in [5.41, 5.74) is 9.16. The fraction of sp³-hybridized carbons (Fsp3) is 0.528. The van der Waals surface area contributed by atoms with Gasteiger partial charge in [-0.25, -0.2) is 0 Å². The topological polar surface area (TPSA) is 108 Å². The highest BCUT2D eigenvalue weighted by molar-refractivity contribution is 5.79. The Kier molecular flexibility index (Phi) is 13.8. The Hall–Kier alpha value is -3.33. The first-order valence-corrected chi connectivity index (χ1v) is 15.8. The summed E-state index contributed by atoms with van der Waals surface area (Å²) in [7, 11) is 3.32. The average Bonchev–Trinajstić information content (AvgIpc) is 3.55. The van der Waals surface area contributed by atoms with Gasteiger partial charge in [0.15, 0.2) is 11.5 Å². The van der Waals surface area contributed by atoms with Crippen LogP contribution in [0.25, 0.3) is 5.69 Å². The third-order valence-corrected chi connectivity index (χ3v) is 8.49.